The number of rotatable bonds is 6. The molecule has 2 N–H and O–H groups in total. The number of hydrazine groups is 2. The maximum Gasteiger partial charge on any atom is 0.319 e. The molecule has 0 radical (unpaired) electrons. The van der Waals surface area contributed by atoms with Crippen LogP contribution in [0.3, 0.4) is 0 Å². The Balaban J connectivity index is 1.63. The second-order valence-corrected chi connectivity index (χ2v) is 8.97. The molecule has 1 fully saturated rings. The molecule has 0 bridgehead atoms. The summed E-state index contributed by atoms with van der Waals surface area (Å²) in [6, 6.07) is 5.39. The molecule has 0 aromatic carbocycles. The first-order valence-electron chi connectivity index (χ1n) is 10.4. The lowest BCUT2D eigenvalue weighted by atomic mass is 9.83. The van der Waals surface area contributed by atoms with E-state index in [0.717, 1.165) is 11.4 Å². The van der Waals surface area contributed by atoms with Gasteiger partial charge in [0.05, 0.1) is 17.6 Å². The van der Waals surface area contributed by atoms with Gasteiger partial charge < -0.3 is 13.9 Å². The first kappa shape index (κ1) is 19.9. The number of aromatic amines is 2. The predicted molar refractivity (Wildman–Crippen MR) is 125 cm³/mol. The summed E-state index contributed by atoms with van der Waals surface area (Å²) in [6.45, 7) is 0. The molecular weight excluding hydrogens is 490 g/mol. The van der Waals surface area contributed by atoms with Crippen LogP contribution in [-0.4, -0.2) is 39.7 Å². The minimum absolute atomic E-state index is 0.290. The van der Waals surface area contributed by atoms with Crippen LogP contribution in [0.1, 0.15) is 23.3 Å². The summed E-state index contributed by atoms with van der Waals surface area (Å²) < 4.78 is 15.9. The Kier molecular flexibility index (Phi) is 4.43. The molecule has 7 heterocycles. The molecule has 1 saturated heterocycles. The van der Waals surface area contributed by atoms with Gasteiger partial charge >= 0.3 is 6.01 Å². The zero-order chi connectivity index (χ0) is 23.2. The third-order valence-corrected chi connectivity index (χ3v) is 7.06. The number of nitrogens with one attached hydrogen (secondary N) is 2. The number of H-pyrrole nitrogens is 2. The van der Waals surface area contributed by atoms with Gasteiger partial charge in [-0.2, -0.15) is 19.6 Å². The molecule has 2 unspecified atom stereocenters. The Morgan fingerprint density at radius 2 is 2.00 bits per heavy atom. The topological polar surface area (TPSA) is 145 Å². The average molecular weight is 506 g/mol. The van der Waals surface area contributed by atoms with Gasteiger partial charge in [0.2, 0.25) is 10.9 Å². The van der Waals surface area contributed by atoms with E-state index in [-0.39, 0.29) is 0 Å². The lowest BCUT2D eigenvalue weighted by Crippen LogP contribution is -2.53. The van der Waals surface area contributed by atoms with Gasteiger partial charge in [0.25, 0.3) is 0 Å². The number of anilines is 3. The number of nitrogens with zero attached hydrogens (tertiary/aromatic N) is 9. The fourth-order valence-corrected chi connectivity index (χ4v) is 5.71. The van der Waals surface area contributed by atoms with Crippen LogP contribution >= 0.6 is 22.9 Å². The summed E-state index contributed by atoms with van der Waals surface area (Å²) in [5, 5.41) is 21.9. The van der Waals surface area contributed by atoms with Crippen LogP contribution in [0.15, 0.2) is 81.4 Å². The highest BCUT2D eigenvalue weighted by Gasteiger charge is 2.66. The van der Waals surface area contributed by atoms with Crippen LogP contribution in [-0.2, 0) is 5.54 Å². The second-order valence-electron chi connectivity index (χ2n) is 7.43. The fraction of sp³-hybridized carbons (Fsp3) is 0.100. The number of thiazole rings is 1. The fourth-order valence-electron chi connectivity index (χ4n) is 4.51. The zero-order valence-corrected chi connectivity index (χ0v) is 19.3. The Hall–Kier alpha value is -4.50. The maximum absolute atomic E-state index is 5.91. The Morgan fingerprint density at radius 3 is 2.66 bits per heavy atom. The third-order valence-electron chi connectivity index (χ3n) is 5.72. The van der Waals surface area contributed by atoms with E-state index in [1.54, 1.807) is 37.1 Å². The quantitative estimate of drug-likeness (QED) is 0.343. The van der Waals surface area contributed by atoms with Gasteiger partial charge in [-0.1, -0.05) is 5.16 Å². The van der Waals surface area contributed by atoms with E-state index in [9.17, 15) is 0 Å². The normalized spacial score (nSPS) is 20.2. The zero-order valence-electron chi connectivity index (χ0n) is 17.7. The number of aromatic nitrogens is 8. The molecule has 0 saturated carbocycles. The lowest BCUT2D eigenvalue weighted by molar-refractivity contribution is 0.396. The van der Waals surface area contributed by atoms with Crippen molar-refractivity contribution in [1.29, 1.82) is 0 Å². The standard InChI is InChI=1S/C20H15N11O2S2/c1-4-25-26-14(1)20(17-21-5-6-22-17)16(13-3-11-35-28-13)29(19-24-8-12-34-19)31(15-2-9-33-27-15)30(20)18-23-7-10-32-18/h1-12,16H,(H,21,22)(H,25,26). The van der Waals surface area contributed by atoms with Gasteiger partial charge in [-0.25, -0.2) is 20.0 Å². The monoisotopic (exact) mass is 505 g/mol. The van der Waals surface area contributed by atoms with Crippen LogP contribution in [0, 0.1) is 0 Å². The maximum atomic E-state index is 5.91. The summed E-state index contributed by atoms with van der Waals surface area (Å²) >= 11 is 2.83. The summed E-state index contributed by atoms with van der Waals surface area (Å²) in [7, 11) is 0. The second kappa shape index (κ2) is 7.78. The van der Waals surface area contributed by atoms with Crippen LogP contribution in [0.4, 0.5) is 17.0 Å². The molecule has 1 aliphatic rings. The van der Waals surface area contributed by atoms with Crippen LogP contribution in [0.5, 0.6) is 0 Å². The van der Waals surface area contributed by atoms with E-state index in [0.29, 0.717) is 22.8 Å². The highest BCUT2D eigenvalue weighted by Crippen LogP contribution is 2.56. The molecule has 35 heavy (non-hydrogen) atoms. The highest BCUT2D eigenvalue weighted by molar-refractivity contribution is 7.13. The summed E-state index contributed by atoms with van der Waals surface area (Å²) in [6.07, 6.45) is 11.5. The van der Waals surface area contributed by atoms with Gasteiger partial charge in [0.1, 0.15) is 24.4 Å². The lowest BCUT2D eigenvalue weighted by Gasteiger charge is -2.37. The molecule has 0 aliphatic carbocycles. The van der Waals surface area contributed by atoms with E-state index in [2.05, 4.69) is 30.3 Å². The molecule has 15 heteroatoms. The Labute approximate surface area is 204 Å². The van der Waals surface area contributed by atoms with Crippen molar-refractivity contribution in [3.05, 3.63) is 89.7 Å². The number of oxazole rings is 1. The van der Waals surface area contributed by atoms with Crippen molar-refractivity contribution in [2.24, 2.45) is 0 Å². The molecule has 7 rings (SSSR count). The van der Waals surface area contributed by atoms with Gasteiger partial charge in [-0.15, -0.1) is 11.3 Å². The summed E-state index contributed by atoms with van der Waals surface area (Å²) in [4.78, 5) is 17.2. The molecule has 6 aromatic heterocycles. The van der Waals surface area contributed by atoms with Crippen LogP contribution in [0.2, 0.25) is 0 Å². The van der Waals surface area contributed by atoms with Gasteiger partial charge in [-0.05, 0) is 23.7 Å². The first-order chi connectivity index (χ1) is 17.4. The van der Waals surface area contributed by atoms with E-state index in [1.807, 2.05) is 38.0 Å². The molecule has 0 spiro atoms. The number of hydrogen-bond donors (Lipinski definition) is 2. The number of hydrogen-bond acceptors (Lipinski definition) is 13. The van der Waals surface area contributed by atoms with Crippen LogP contribution < -0.4 is 15.1 Å². The third kappa shape index (κ3) is 2.79. The Bertz CT molecular complexity index is 1350. The van der Waals surface area contributed by atoms with Crippen LogP contribution in [0.25, 0.3) is 0 Å². The van der Waals surface area contributed by atoms with E-state index < -0.39 is 11.6 Å². The van der Waals surface area contributed by atoms with Gasteiger partial charge in [0, 0.05) is 41.6 Å². The van der Waals surface area contributed by atoms with Gasteiger partial charge in [-0.3, -0.25) is 5.10 Å². The van der Waals surface area contributed by atoms with E-state index in [1.165, 1.54) is 35.4 Å². The molecule has 13 nitrogen and oxygen atoms in total. The summed E-state index contributed by atoms with van der Waals surface area (Å²) in [5.41, 5.74) is 0.374. The molecule has 1 aliphatic heterocycles. The van der Waals surface area contributed by atoms with Crippen molar-refractivity contribution in [3.8, 4) is 0 Å². The average Bonchev–Trinajstić information content (AvgIpc) is 3.71. The summed E-state index contributed by atoms with van der Waals surface area (Å²) in [5.74, 6) is 1.08. The van der Waals surface area contributed by atoms with Crippen molar-refractivity contribution in [1.82, 2.24) is 39.7 Å². The number of imidazole rings is 1. The predicted octanol–water partition coefficient (Wildman–Crippen LogP) is 3.37. The minimum atomic E-state index is -1.12. The van der Waals surface area contributed by atoms with E-state index >= 15 is 0 Å². The largest absolute Gasteiger partial charge is 0.431 e. The molecule has 174 valence electrons. The smallest absolute Gasteiger partial charge is 0.319 e. The molecule has 2 atom stereocenters. The SMILES string of the molecule is c1cc(C2(c3ncc[nH]3)C(c3ccsn3)N(c3nccs3)N(c3ccon3)N2c2ncco2)[nH]n1. The van der Waals surface area contributed by atoms with E-state index in [4.69, 9.17) is 18.3 Å². The van der Waals surface area contributed by atoms with Gasteiger partial charge in [0.15, 0.2) is 5.54 Å². The Morgan fingerprint density at radius 1 is 1.00 bits per heavy atom. The van der Waals surface area contributed by atoms with Crippen molar-refractivity contribution in [2.45, 2.75) is 11.6 Å². The van der Waals surface area contributed by atoms with Crippen molar-refractivity contribution >= 4 is 39.8 Å². The molecular formula is C20H15N11O2S2. The highest BCUT2D eigenvalue weighted by atomic mass is 32.1. The van der Waals surface area contributed by atoms with Crippen molar-refractivity contribution in [3.63, 3.8) is 0 Å². The molecule has 0 amide bonds. The minimum Gasteiger partial charge on any atom is -0.431 e. The first-order valence-corrected chi connectivity index (χ1v) is 12.1. The molecule has 6 aromatic rings. The van der Waals surface area contributed by atoms with Crippen molar-refractivity contribution < 1.29 is 8.94 Å². The van der Waals surface area contributed by atoms with Crippen molar-refractivity contribution in [2.75, 3.05) is 15.1 Å².